The van der Waals surface area contributed by atoms with Crippen LogP contribution in [0.5, 0.6) is 5.75 Å². The van der Waals surface area contributed by atoms with Gasteiger partial charge in [0.15, 0.2) is 0 Å². The van der Waals surface area contributed by atoms with Gasteiger partial charge in [0.2, 0.25) is 5.91 Å². The molecule has 1 amide bonds. The van der Waals surface area contributed by atoms with Crippen molar-refractivity contribution in [1.29, 1.82) is 0 Å². The van der Waals surface area contributed by atoms with Crippen LogP contribution in [0.2, 0.25) is 0 Å². The summed E-state index contributed by atoms with van der Waals surface area (Å²) in [7, 11) is 0. The molecule has 1 heterocycles. The van der Waals surface area contributed by atoms with Crippen LogP contribution in [0.3, 0.4) is 0 Å². The average molecular weight is 317 g/mol. The molecule has 0 spiro atoms. The van der Waals surface area contributed by atoms with Crippen molar-refractivity contribution in [2.45, 2.75) is 31.0 Å². The smallest absolute Gasteiger partial charge is 0.237 e. The fraction of sp³-hybridized carbons (Fsp3) is 0.312. The molecule has 0 saturated heterocycles. The highest BCUT2D eigenvalue weighted by Gasteiger charge is 2.17. The number of anilines is 1. The van der Waals surface area contributed by atoms with Gasteiger partial charge in [-0.2, -0.15) is 0 Å². The molecule has 1 unspecified atom stereocenters. The summed E-state index contributed by atoms with van der Waals surface area (Å²) in [5.41, 5.74) is 1.56. The maximum atomic E-state index is 12.3. The quantitative estimate of drug-likeness (QED) is 0.654. The Bertz CT molecular complexity index is 649. The van der Waals surface area contributed by atoms with E-state index in [2.05, 4.69) is 15.3 Å². The molecule has 0 saturated carbocycles. The molecule has 0 radical (unpaired) electrons. The van der Waals surface area contributed by atoms with Gasteiger partial charge in [0.1, 0.15) is 17.1 Å². The number of nitrogens with one attached hydrogen (secondary N) is 1. The molecule has 1 aromatic carbocycles. The number of ether oxygens (including phenoxy) is 1. The van der Waals surface area contributed by atoms with Crippen molar-refractivity contribution in [3.8, 4) is 5.75 Å². The topological polar surface area (TPSA) is 64.1 Å². The van der Waals surface area contributed by atoms with E-state index in [-0.39, 0.29) is 11.2 Å². The van der Waals surface area contributed by atoms with E-state index in [1.165, 1.54) is 18.1 Å². The lowest BCUT2D eigenvalue weighted by atomic mass is 10.3. The molecule has 1 aromatic heterocycles. The van der Waals surface area contributed by atoms with Crippen LogP contribution in [0.4, 0.5) is 5.69 Å². The minimum atomic E-state index is -0.274. The number of rotatable bonds is 6. The van der Waals surface area contributed by atoms with Crippen LogP contribution in [0.15, 0.2) is 41.7 Å². The summed E-state index contributed by atoms with van der Waals surface area (Å²) in [5.74, 6) is 0.585. The molecule has 1 atom stereocenters. The SMILES string of the molecule is CCOc1ccccc1NC(=O)C(C)Sc1cc(C)ncn1. The van der Waals surface area contributed by atoms with Crippen LogP contribution in [-0.4, -0.2) is 27.7 Å². The maximum absolute atomic E-state index is 12.3. The highest BCUT2D eigenvalue weighted by atomic mass is 32.2. The average Bonchev–Trinajstić information content (AvgIpc) is 2.49. The third kappa shape index (κ3) is 4.46. The minimum Gasteiger partial charge on any atom is -0.492 e. The zero-order chi connectivity index (χ0) is 15.9. The first-order chi connectivity index (χ1) is 10.6. The number of para-hydroxylation sites is 2. The van der Waals surface area contributed by atoms with Crippen molar-refractivity contribution < 1.29 is 9.53 Å². The van der Waals surface area contributed by atoms with E-state index >= 15 is 0 Å². The predicted molar refractivity (Wildman–Crippen MR) is 88.3 cm³/mol. The Labute approximate surface area is 134 Å². The zero-order valence-corrected chi connectivity index (χ0v) is 13.7. The van der Waals surface area contributed by atoms with Gasteiger partial charge in [-0.25, -0.2) is 9.97 Å². The number of carbonyl (C=O) groups is 1. The highest BCUT2D eigenvalue weighted by molar-refractivity contribution is 8.00. The molecule has 6 heteroatoms. The number of aromatic nitrogens is 2. The molecule has 0 aliphatic carbocycles. The van der Waals surface area contributed by atoms with Gasteiger partial charge >= 0.3 is 0 Å². The van der Waals surface area contributed by atoms with Gasteiger partial charge in [-0.1, -0.05) is 23.9 Å². The van der Waals surface area contributed by atoms with E-state index < -0.39 is 0 Å². The van der Waals surface area contributed by atoms with Crippen LogP contribution < -0.4 is 10.1 Å². The lowest BCUT2D eigenvalue weighted by molar-refractivity contribution is -0.115. The van der Waals surface area contributed by atoms with Gasteiger partial charge in [0.05, 0.1) is 17.5 Å². The van der Waals surface area contributed by atoms with Crippen molar-refractivity contribution in [2.75, 3.05) is 11.9 Å². The second-order valence-electron chi connectivity index (χ2n) is 4.68. The summed E-state index contributed by atoms with van der Waals surface area (Å²) >= 11 is 1.40. The van der Waals surface area contributed by atoms with Crippen LogP contribution in [0.1, 0.15) is 19.5 Å². The third-order valence-corrected chi connectivity index (χ3v) is 3.92. The molecule has 0 aliphatic rings. The van der Waals surface area contributed by atoms with Crippen LogP contribution in [0, 0.1) is 6.92 Å². The number of benzene rings is 1. The molecule has 22 heavy (non-hydrogen) atoms. The molecule has 5 nitrogen and oxygen atoms in total. The van der Waals surface area contributed by atoms with Crippen molar-refractivity contribution in [3.05, 3.63) is 42.4 Å². The number of hydrogen-bond acceptors (Lipinski definition) is 5. The molecular weight excluding hydrogens is 298 g/mol. The molecule has 0 aliphatic heterocycles. The monoisotopic (exact) mass is 317 g/mol. The lowest BCUT2D eigenvalue weighted by Gasteiger charge is -2.14. The molecular formula is C16H19N3O2S. The predicted octanol–water partition coefficient (Wildman–Crippen LogP) is 3.30. The normalized spacial score (nSPS) is 11.8. The summed E-state index contributed by atoms with van der Waals surface area (Å²) in [6.45, 7) is 6.21. The van der Waals surface area contributed by atoms with E-state index in [1.807, 2.05) is 51.1 Å². The van der Waals surface area contributed by atoms with Crippen molar-refractivity contribution in [2.24, 2.45) is 0 Å². The molecule has 2 rings (SSSR count). The summed E-state index contributed by atoms with van der Waals surface area (Å²) in [4.78, 5) is 20.5. The van der Waals surface area contributed by atoms with Gasteiger partial charge < -0.3 is 10.1 Å². The van der Waals surface area contributed by atoms with Crippen LogP contribution >= 0.6 is 11.8 Å². The molecule has 1 N–H and O–H groups in total. The largest absolute Gasteiger partial charge is 0.492 e. The summed E-state index contributed by atoms with van der Waals surface area (Å²) in [6.07, 6.45) is 1.51. The standard InChI is InChI=1S/C16H19N3O2S/c1-4-21-14-8-6-5-7-13(14)19-16(20)12(3)22-15-9-11(2)17-10-18-15/h5-10,12H,4H2,1-3H3,(H,19,20). The second kappa shape index (κ2) is 7.79. The van der Waals surface area contributed by atoms with Gasteiger partial charge in [-0.15, -0.1) is 0 Å². The van der Waals surface area contributed by atoms with E-state index in [0.29, 0.717) is 18.0 Å². The fourth-order valence-electron chi connectivity index (χ4n) is 1.81. The first-order valence-electron chi connectivity index (χ1n) is 7.08. The van der Waals surface area contributed by atoms with E-state index in [1.54, 1.807) is 0 Å². The Balaban J connectivity index is 2.02. The van der Waals surface area contributed by atoms with Crippen LogP contribution in [-0.2, 0) is 4.79 Å². The first kappa shape index (κ1) is 16.3. The first-order valence-corrected chi connectivity index (χ1v) is 7.96. The number of hydrogen-bond donors (Lipinski definition) is 1. The van der Waals surface area contributed by atoms with Crippen molar-refractivity contribution in [3.63, 3.8) is 0 Å². The summed E-state index contributed by atoms with van der Waals surface area (Å²) in [6, 6.07) is 9.27. The van der Waals surface area contributed by atoms with E-state index in [4.69, 9.17) is 4.74 Å². The van der Waals surface area contributed by atoms with Gasteiger partial charge in [0.25, 0.3) is 0 Å². The fourth-order valence-corrected chi connectivity index (χ4v) is 2.69. The van der Waals surface area contributed by atoms with Crippen molar-refractivity contribution >= 4 is 23.4 Å². The van der Waals surface area contributed by atoms with Gasteiger partial charge in [0, 0.05) is 5.69 Å². The summed E-state index contributed by atoms with van der Waals surface area (Å²) < 4.78 is 5.51. The van der Waals surface area contributed by atoms with Gasteiger partial charge in [-0.3, -0.25) is 4.79 Å². The Morgan fingerprint density at radius 1 is 1.36 bits per heavy atom. The van der Waals surface area contributed by atoms with Gasteiger partial charge in [-0.05, 0) is 39.0 Å². The number of thioether (sulfide) groups is 1. The third-order valence-electron chi connectivity index (χ3n) is 2.89. The zero-order valence-electron chi connectivity index (χ0n) is 12.9. The number of nitrogens with zero attached hydrogens (tertiary/aromatic N) is 2. The number of aryl methyl sites for hydroxylation is 1. The second-order valence-corrected chi connectivity index (χ2v) is 6.04. The molecule has 2 aromatic rings. The minimum absolute atomic E-state index is 0.0894. The van der Waals surface area contributed by atoms with E-state index in [0.717, 1.165) is 10.7 Å². The Morgan fingerprint density at radius 2 is 2.14 bits per heavy atom. The highest BCUT2D eigenvalue weighted by Crippen LogP contribution is 2.26. The Kier molecular flexibility index (Phi) is 5.77. The Morgan fingerprint density at radius 3 is 2.86 bits per heavy atom. The lowest BCUT2D eigenvalue weighted by Crippen LogP contribution is -2.22. The molecule has 0 bridgehead atoms. The number of amides is 1. The van der Waals surface area contributed by atoms with E-state index in [9.17, 15) is 4.79 Å². The Hall–Kier alpha value is -2.08. The summed E-state index contributed by atoms with van der Waals surface area (Å²) in [5, 5.41) is 3.41. The molecule has 0 fully saturated rings. The number of carbonyl (C=O) groups excluding carboxylic acids is 1. The van der Waals surface area contributed by atoms with Crippen molar-refractivity contribution in [1.82, 2.24) is 9.97 Å². The maximum Gasteiger partial charge on any atom is 0.237 e. The van der Waals surface area contributed by atoms with Crippen LogP contribution in [0.25, 0.3) is 0 Å². The molecule has 116 valence electrons.